The van der Waals surface area contributed by atoms with Crippen LogP contribution in [0.5, 0.6) is 0 Å². The molecule has 0 radical (unpaired) electrons. The molecule has 1 aromatic rings. The van der Waals surface area contributed by atoms with Crippen molar-refractivity contribution in [3.05, 3.63) is 4.88 Å². The molecule has 19 heavy (non-hydrogen) atoms. The van der Waals surface area contributed by atoms with Crippen LogP contribution in [0.15, 0.2) is 0 Å². The van der Waals surface area contributed by atoms with E-state index in [1.807, 2.05) is 19.0 Å². The van der Waals surface area contributed by atoms with Gasteiger partial charge in [0.05, 0.1) is 19.3 Å². The molecule has 1 saturated heterocycles. The quantitative estimate of drug-likeness (QED) is 0.787. The van der Waals surface area contributed by atoms with Gasteiger partial charge in [0.1, 0.15) is 10.7 Å². The monoisotopic (exact) mass is 286 g/mol. The molecular weight excluding hydrogens is 268 g/mol. The Morgan fingerprint density at radius 2 is 2.42 bits per heavy atom. The highest BCUT2D eigenvalue weighted by Gasteiger charge is 2.27. The van der Waals surface area contributed by atoms with Crippen molar-refractivity contribution in [3.8, 4) is 0 Å². The third-order valence-electron chi connectivity index (χ3n) is 2.85. The van der Waals surface area contributed by atoms with Gasteiger partial charge < -0.3 is 25.4 Å². The lowest BCUT2D eigenvalue weighted by atomic mass is 10.2. The lowest BCUT2D eigenvalue weighted by molar-refractivity contribution is -0.0445. The summed E-state index contributed by atoms with van der Waals surface area (Å²) in [5, 5.41) is 9.79. The number of morpholine rings is 1. The number of hydrogen-bond acceptors (Lipinski definition) is 7. The summed E-state index contributed by atoms with van der Waals surface area (Å²) in [6.45, 7) is 1.22. The van der Waals surface area contributed by atoms with Crippen molar-refractivity contribution < 1.29 is 14.6 Å². The molecule has 1 aromatic heterocycles. The van der Waals surface area contributed by atoms with Crippen LogP contribution in [0.4, 0.5) is 10.9 Å². The lowest BCUT2D eigenvalue weighted by Gasteiger charge is -2.31. The minimum absolute atomic E-state index is 0.0924. The van der Waals surface area contributed by atoms with Gasteiger partial charge in [-0.25, -0.2) is 4.98 Å². The van der Waals surface area contributed by atoms with Crippen LogP contribution in [0.25, 0.3) is 0 Å². The lowest BCUT2D eigenvalue weighted by Crippen LogP contribution is -2.46. The number of nitrogen functional groups attached to an aromatic ring is 1. The number of nitrogens with two attached hydrogens (primary N) is 1. The molecule has 1 amide bonds. The molecule has 3 N–H and O–H groups in total. The Hall–Kier alpha value is -1.38. The van der Waals surface area contributed by atoms with Crippen molar-refractivity contribution in [1.82, 2.24) is 9.88 Å². The molecule has 2 rings (SSSR count). The number of anilines is 2. The van der Waals surface area contributed by atoms with Crippen molar-refractivity contribution >= 4 is 28.2 Å². The Balaban J connectivity index is 2.14. The zero-order valence-electron chi connectivity index (χ0n) is 11.0. The van der Waals surface area contributed by atoms with E-state index >= 15 is 0 Å². The molecule has 7 nitrogen and oxygen atoms in total. The van der Waals surface area contributed by atoms with E-state index < -0.39 is 0 Å². The fourth-order valence-electron chi connectivity index (χ4n) is 1.82. The summed E-state index contributed by atoms with van der Waals surface area (Å²) in [5.74, 6) is 0.107. The molecule has 1 unspecified atom stereocenters. The molecule has 1 aliphatic heterocycles. The highest BCUT2D eigenvalue weighted by atomic mass is 32.1. The summed E-state index contributed by atoms with van der Waals surface area (Å²) in [6.07, 6.45) is -0.319. The number of hydrogen-bond donors (Lipinski definition) is 2. The van der Waals surface area contributed by atoms with Crippen LogP contribution in [0.1, 0.15) is 9.67 Å². The van der Waals surface area contributed by atoms with Crippen LogP contribution in [0, 0.1) is 0 Å². The third-order valence-corrected chi connectivity index (χ3v) is 4.08. The molecule has 1 fully saturated rings. The second-order valence-electron chi connectivity index (χ2n) is 4.53. The molecule has 2 heterocycles. The fourth-order valence-corrected chi connectivity index (χ4v) is 2.70. The van der Waals surface area contributed by atoms with E-state index in [0.29, 0.717) is 29.7 Å². The Morgan fingerprint density at radius 3 is 3.00 bits per heavy atom. The molecule has 0 aromatic carbocycles. The van der Waals surface area contributed by atoms with E-state index in [1.54, 1.807) is 4.90 Å². The average molecular weight is 286 g/mol. The number of carbonyl (C=O) groups is 1. The molecule has 0 aliphatic carbocycles. The van der Waals surface area contributed by atoms with Crippen molar-refractivity contribution in [2.24, 2.45) is 0 Å². The van der Waals surface area contributed by atoms with Gasteiger partial charge in [0.2, 0.25) is 0 Å². The van der Waals surface area contributed by atoms with Crippen molar-refractivity contribution in [3.63, 3.8) is 0 Å². The summed E-state index contributed by atoms with van der Waals surface area (Å²) < 4.78 is 5.32. The molecule has 1 aliphatic rings. The Morgan fingerprint density at radius 1 is 1.68 bits per heavy atom. The van der Waals surface area contributed by atoms with Gasteiger partial charge in [-0.3, -0.25) is 4.79 Å². The number of aliphatic hydroxyl groups is 1. The number of rotatable bonds is 3. The van der Waals surface area contributed by atoms with Gasteiger partial charge in [0, 0.05) is 27.2 Å². The molecule has 0 spiro atoms. The molecule has 0 bridgehead atoms. The maximum absolute atomic E-state index is 12.4. The second kappa shape index (κ2) is 5.72. The van der Waals surface area contributed by atoms with Gasteiger partial charge >= 0.3 is 0 Å². The summed E-state index contributed by atoms with van der Waals surface area (Å²) in [5.41, 5.74) is 5.80. The number of aliphatic hydroxyl groups excluding tert-OH is 1. The first-order valence-corrected chi connectivity index (χ1v) is 6.80. The Bertz CT molecular complexity index is 463. The number of carbonyl (C=O) groups excluding carboxylic acids is 1. The molecule has 0 saturated carbocycles. The minimum Gasteiger partial charge on any atom is -0.394 e. The number of aromatic nitrogens is 1. The summed E-state index contributed by atoms with van der Waals surface area (Å²) in [4.78, 5) is 20.4. The van der Waals surface area contributed by atoms with E-state index in [2.05, 4.69) is 4.98 Å². The zero-order chi connectivity index (χ0) is 14.0. The summed E-state index contributed by atoms with van der Waals surface area (Å²) in [6, 6.07) is 0. The summed E-state index contributed by atoms with van der Waals surface area (Å²) in [7, 11) is 3.70. The number of thiazole rings is 1. The first-order chi connectivity index (χ1) is 9.02. The van der Waals surface area contributed by atoms with Crippen molar-refractivity contribution in [1.29, 1.82) is 0 Å². The van der Waals surface area contributed by atoms with Crippen LogP contribution in [-0.2, 0) is 4.74 Å². The third kappa shape index (κ3) is 2.96. The molecule has 106 valence electrons. The minimum atomic E-state index is -0.319. The first kappa shape index (κ1) is 14.0. The SMILES string of the molecule is CN(C)c1nc(N)c(C(=O)N2CCOC(CO)C2)s1. The fraction of sp³-hybridized carbons (Fsp3) is 0.636. The van der Waals surface area contributed by atoms with Gasteiger partial charge in [-0.2, -0.15) is 0 Å². The number of amides is 1. The van der Waals surface area contributed by atoms with E-state index in [-0.39, 0.29) is 24.4 Å². The molecular formula is C11H18N4O3S. The second-order valence-corrected chi connectivity index (χ2v) is 5.51. The van der Waals surface area contributed by atoms with Crippen molar-refractivity contribution in [2.45, 2.75) is 6.10 Å². The summed E-state index contributed by atoms with van der Waals surface area (Å²) >= 11 is 1.27. The van der Waals surface area contributed by atoms with Gasteiger partial charge in [-0.15, -0.1) is 0 Å². The molecule has 8 heteroatoms. The largest absolute Gasteiger partial charge is 0.394 e. The maximum atomic E-state index is 12.4. The normalized spacial score (nSPS) is 19.5. The van der Waals surface area contributed by atoms with Gasteiger partial charge in [-0.05, 0) is 0 Å². The van der Waals surface area contributed by atoms with E-state index in [0.717, 1.165) is 0 Å². The maximum Gasteiger partial charge on any atom is 0.268 e. The highest BCUT2D eigenvalue weighted by Crippen LogP contribution is 2.28. The topological polar surface area (TPSA) is 91.9 Å². The zero-order valence-corrected chi connectivity index (χ0v) is 11.8. The van der Waals surface area contributed by atoms with Gasteiger partial charge in [-0.1, -0.05) is 11.3 Å². The van der Waals surface area contributed by atoms with E-state index in [9.17, 15) is 4.79 Å². The van der Waals surface area contributed by atoms with E-state index in [4.69, 9.17) is 15.6 Å². The van der Waals surface area contributed by atoms with Gasteiger partial charge in [0.25, 0.3) is 5.91 Å². The standard InChI is InChI=1S/C11H18N4O3S/c1-14(2)11-13-9(12)8(19-11)10(17)15-3-4-18-7(5-15)6-16/h7,16H,3-6,12H2,1-2H3. The number of nitrogens with zero attached hydrogens (tertiary/aromatic N) is 3. The van der Waals surface area contributed by atoms with Crippen LogP contribution in [0.3, 0.4) is 0 Å². The number of ether oxygens (including phenoxy) is 1. The Labute approximate surface area is 115 Å². The smallest absolute Gasteiger partial charge is 0.268 e. The highest BCUT2D eigenvalue weighted by molar-refractivity contribution is 7.18. The van der Waals surface area contributed by atoms with E-state index in [1.165, 1.54) is 11.3 Å². The van der Waals surface area contributed by atoms with Crippen molar-refractivity contribution in [2.75, 3.05) is 51.0 Å². The average Bonchev–Trinajstić information content (AvgIpc) is 2.80. The Kier molecular flexibility index (Phi) is 4.23. The van der Waals surface area contributed by atoms with Crippen LogP contribution < -0.4 is 10.6 Å². The van der Waals surface area contributed by atoms with Crippen LogP contribution in [0.2, 0.25) is 0 Å². The first-order valence-electron chi connectivity index (χ1n) is 5.98. The van der Waals surface area contributed by atoms with Gasteiger partial charge in [0.15, 0.2) is 5.13 Å². The van der Waals surface area contributed by atoms with Crippen LogP contribution in [-0.4, -0.2) is 67.4 Å². The predicted molar refractivity (Wildman–Crippen MR) is 73.6 cm³/mol. The predicted octanol–water partition coefficient (Wildman–Crippen LogP) is -0.375. The molecule has 1 atom stereocenters. The van der Waals surface area contributed by atoms with Crippen LogP contribution >= 0.6 is 11.3 Å².